The van der Waals surface area contributed by atoms with E-state index < -0.39 is 22.0 Å². The second kappa shape index (κ2) is 10.7. The van der Waals surface area contributed by atoms with Gasteiger partial charge in [-0.2, -0.15) is 0 Å². The molecule has 7 nitrogen and oxygen atoms in total. The second-order valence-electron chi connectivity index (χ2n) is 8.26. The molecule has 1 aliphatic heterocycles. The highest BCUT2D eigenvalue weighted by Crippen LogP contribution is 2.28. The predicted octanol–water partition coefficient (Wildman–Crippen LogP) is 5.41. The fraction of sp³-hybridized carbons (Fsp3) is 0.200. The zero-order valence-electron chi connectivity index (χ0n) is 18.8. The van der Waals surface area contributed by atoms with Crippen molar-refractivity contribution in [3.8, 4) is 0 Å². The van der Waals surface area contributed by atoms with E-state index in [-0.39, 0.29) is 22.1 Å². The summed E-state index contributed by atoms with van der Waals surface area (Å²) in [7, 11) is -3.90. The van der Waals surface area contributed by atoms with Gasteiger partial charge in [0, 0.05) is 20.3 Å². The molecule has 1 atom stereocenters. The summed E-state index contributed by atoms with van der Waals surface area (Å²) in [6.07, 6.45) is 1.21. The fourth-order valence-electron chi connectivity index (χ4n) is 3.90. The lowest BCUT2D eigenvalue weighted by molar-refractivity contribution is -0.119. The topological polar surface area (TPSA) is 95.6 Å². The third-order valence-corrected chi connectivity index (χ3v) is 8.30. The van der Waals surface area contributed by atoms with Crippen molar-refractivity contribution < 1.29 is 18.0 Å². The Labute approximate surface area is 226 Å². The van der Waals surface area contributed by atoms with E-state index in [4.69, 9.17) is 0 Å². The van der Waals surface area contributed by atoms with Crippen molar-refractivity contribution in [3.63, 3.8) is 0 Å². The number of carbonyl (C=O) groups is 2. The van der Waals surface area contributed by atoms with E-state index in [9.17, 15) is 18.0 Å². The molecule has 3 aromatic rings. The van der Waals surface area contributed by atoms with E-state index in [2.05, 4.69) is 48.6 Å². The number of halogens is 2. The van der Waals surface area contributed by atoms with Crippen molar-refractivity contribution in [2.75, 3.05) is 16.6 Å². The summed E-state index contributed by atoms with van der Waals surface area (Å²) >= 11 is 5.44. The van der Waals surface area contributed by atoms with Crippen molar-refractivity contribution in [3.05, 3.63) is 85.9 Å². The molecule has 0 spiro atoms. The summed E-state index contributed by atoms with van der Waals surface area (Å²) in [6, 6.07) is 18.0. The molecule has 1 saturated heterocycles. The van der Waals surface area contributed by atoms with Gasteiger partial charge in [-0.3, -0.25) is 14.3 Å². The van der Waals surface area contributed by atoms with Crippen LogP contribution < -0.4 is 10.0 Å². The van der Waals surface area contributed by atoms with Gasteiger partial charge in [0.1, 0.15) is 6.04 Å². The minimum absolute atomic E-state index is 0.105. The lowest BCUT2D eigenvalue weighted by Crippen LogP contribution is -2.43. The normalized spacial score (nSPS) is 15.6. The van der Waals surface area contributed by atoms with Crippen molar-refractivity contribution in [1.82, 2.24) is 4.90 Å². The molecular weight excluding hydrogens is 645 g/mol. The number of likely N-dealkylation sites (tertiary alicyclic amines) is 1. The van der Waals surface area contributed by atoms with Crippen LogP contribution in [0.4, 0.5) is 11.4 Å². The Morgan fingerprint density at radius 3 is 2.40 bits per heavy atom. The van der Waals surface area contributed by atoms with E-state index in [1.165, 1.54) is 17.0 Å². The number of benzene rings is 3. The first-order valence-corrected chi connectivity index (χ1v) is 14.3. The maximum absolute atomic E-state index is 13.6. The van der Waals surface area contributed by atoms with Gasteiger partial charge < -0.3 is 10.2 Å². The van der Waals surface area contributed by atoms with Crippen LogP contribution in [-0.4, -0.2) is 37.7 Å². The Morgan fingerprint density at radius 1 is 1.03 bits per heavy atom. The van der Waals surface area contributed by atoms with Gasteiger partial charge in [0.05, 0.1) is 16.1 Å². The lowest BCUT2D eigenvalue weighted by Gasteiger charge is -2.25. The number of nitrogens with zero attached hydrogens (tertiary/aromatic N) is 1. The van der Waals surface area contributed by atoms with Crippen molar-refractivity contribution in [2.24, 2.45) is 0 Å². The van der Waals surface area contributed by atoms with E-state index in [0.717, 1.165) is 13.6 Å². The molecule has 0 aromatic heterocycles. The highest BCUT2D eigenvalue weighted by Gasteiger charge is 2.36. The minimum Gasteiger partial charge on any atom is -0.327 e. The van der Waals surface area contributed by atoms with Crippen LogP contribution in [0.5, 0.6) is 0 Å². The van der Waals surface area contributed by atoms with Crippen LogP contribution in [-0.2, 0) is 14.8 Å². The standard InChI is InChI=1S/C25H23BrIN3O4S/c1-16-4-11-20(12-5-16)35(33,34)29-22-13-8-18(27)15-21(22)25(32)30-14-2-3-23(30)24(31)28-19-9-6-17(26)7-10-19/h4-13,15,23,29H,2-3,14H2,1H3,(H,28,31)/t23-/m0/s1. The number of amides is 2. The first-order valence-electron chi connectivity index (χ1n) is 10.9. The number of hydrogen-bond acceptors (Lipinski definition) is 4. The molecule has 2 N–H and O–H groups in total. The molecule has 4 rings (SSSR count). The summed E-state index contributed by atoms with van der Waals surface area (Å²) in [4.78, 5) is 28.2. The number of hydrogen-bond donors (Lipinski definition) is 2. The number of sulfonamides is 1. The highest BCUT2D eigenvalue weighted by molar-refractivity contribution is 14.1. The molecule has 0 saturated carbocycles. The van der Waals surface area contributed by atoms with Crippen LogP contribution in [0.3, 0.4) is 0 Å². The summed E-state index contributed by atoms with van der Waals surface area (Å²) in [5, 5.41) is 2.87. The van der Waals surface area contributed by atoms with Gasteiger partial charge in [0.15, 0.2) is 0 Å². The zero-order valence-corrected chi connectivity index (χ0v) is 23.4. The van der Waals surface area contributed by atoms with E-state index in [1.807, 2.05) is 19.1 Å². The second-order valence-corrected chi connectivity index (χ2v) is 12.1. The van der Waals surface area contributed by atoms with Crippen molar-refractivity contribution in [1.29, 1.82) is 0 Å². The Hall–Kier alpha value is -2.44. The van der Waals surface area contributed by atoms with Crippen LogP contribution in [0.25, 0.3) is 0 Å². The fourth-order valence-corrected chi connectivity index (χ4v) is 5.73. The van der Waals surface area contributed by atoms with Crippen LogP contribution in [0.2, 0.25) is 0 Å². The molecule has 2 amide bonds. The Kier molecular flexibility index (Phi) is 7.82. The number of nitrogens with one attached hydrogen (secondary N) is 2. The van der Waals surface area contributed by atoms with E-state index >= 15 is 0 Å². The first kappa shape index (κ1) is 25.6. The van der Waals surface area contributed by atoms with Gasteiger partial charge in [-0.1, -0.05) is 33.6 Å². The molecule has 1 aliphatic rings. The minimum atomic E-state index is -3.90. The largest absolute Gasteiger partial charge is 0.327 e. The van der Waals surface area contributed by atoms with Crippen molar-refractivity contribution in [2.45, 2.75) is 30.7 Å². The average Bonchev–Trinajstić information content (AvgIpc) is 3.32. The average molecular weight is 668 g/mol. The highest BCUT2D eigenvalue weighted by atomic mass is 127. The first-order chi connectivity index (χ1) is 16.6. The Balaban J connectivity index is 1.58. The third-order valence-electron chi connectivity index (χ3n) is 5.72. The zero-order chi connectivity index (χ0) is 25.2. The number of carbonyl (C=O) groups excluding carboxylic acids is 2. The van der Waals surface area contributed by atoms with Crippen molar-refractivity contribution >= 4 is 71.7 Å². The predicted molar refractivity (Wildman–Crippen MR) is 148 cm³/mol. The van der Waals surface area contributed by atoms with E-state index in [1.54, 1.807) is 42.5 Å². The SMILES string of the molecule is Cc1ccc(S(=O)(=O)Nc2ccc(I)cc2C(=O)N2CCC[C@H]2C(=O)Nc2ccc(Br)cc2)cc1. The summed E-state index contributed by atoms with van der Waals surface area (Å²) in [6.45, 7) is 2.28. The third kappa shape index (κ3) is 6.04. The number of anilines is 2. The molecular formula is C25H23BrIN3O4S. The molecule has 182 valence electrons. The van der Waals surface area contributed by atoms with Gasteiger partial charge >= 0.3 is 0 Å². The van der Waals surface area contributed by atoms with Gasteiger partial charge in [-0.15, -0.1) is 0 Å². The molecule has 3 aromatic carbocycles. The molecule has 0 bridgehead atoms. The summed E-state index contributed by atoms with van der Waals surface area (Å²) in [5.74, 6) is -0.663. The Morgan fingerprint density at radius 2 is 1.71 bits per heavy atom. The maximum Gasteiger partial charge on any atom is 0.261 e. The van der Waals surface area contributed by atoms with Crippen LogP contribution in [0, 0.1) is 10.5 Å². The van der Waals surface area contributed by atoms with Gasteiger partial charge in [0.25, 0.3) is 15.9 Å². The number of aryl methyl sites for hydroxylation is 1. The van der Waals surface area contributed by atoms with Crippen LogP contribution in [0.15, 0.2) is 76.1 Å². The Bertz CT molecular complexity index is 1360. The lowest BCUT2D eigenvalue weighted by atomic mass is 10.1. The molecule has 1 fully saturated rings. The molecule has 35 heavy (non-hydrogen) atoms. The van der Waals surface area contributed by atoms with E-state index in [0.29, 0.717) is 25.1 Å². The smallest absolute Gasteiger partial charge is 0.261 e. The molecule has 0 unspecified atom stereocenters. The van der Waals surface area contributed by atoms with Gasteiger partial charge in [-0.05, 0) is 97.0 Å². The summed E-state index contributed by atoms with van der Waals surface area (Å²) < 4.78 is 30.2. The van der Waals surface area contributed by atoms with Gasteiger partial charge in [-0.25, -0.2) is 8.42 Å². The summed E-state index contributed by atoms with van der Waals surface area (Å²) in [5.41, 5.74) is 1.96. The molecule has 10 heteroatoms. The molecule has 0 radical (unpaired) electrons. The number of rotatable bonds is 6. The monoisotopic (exact) mass is 667 g/mol. The maximum atomic E-state index is 13.6. The quantitative estimate of drug-likeness (QED) is 0.344. The molecule has 0 aliphatic carbocycles. The van der Waals surface area contributed by atoms with Gasteiger partial charge in [0.2, 0.25) is 5.91 Å². The molecule has 1 heterocycles. The van der Waals surface area contributed by atoms with Crippen LogP contribution >= 0.6 is 38.5 Å². The van der Waals surface area contributed by atoms with Crippen LogP contribution in [0.1, 0.15) is 28.8 Å².